The molecule has 1 saturated heterocycles. The van der Waals surface area contributed by atoms with Gasteiger partial charge in [0.05, 0.1) is 12.2 Å². The summed E-state index contributed by atoms with van der Waals surface area (Å²) in [5.41, 5.74) is 0. The van der Waals surface area contributed by atoms with E-state index in [1.54, 1.807) is 0 Å². The predicted molar refractivity (Wildman–Crippen MR) is 44.4 cm³/mol. The van der Waals surface area contributed by atoms with Gasteiger partial charge in [-0.1, -0.05) is 20.8 Å². The molecule has 2 nitrogen and oxygen atoms in total. The lowest BCUT2D eigenvalue weighted by atomic mass is 9.85. The second-order valence-electron chi connectivity index (χ2n) is 3.61. The van der Waals surface area contributed by atoms with Crippen molar-refractivity contribution in [2.24, 2.45) is 11.8 Å². The minimum absolute atomic E-state index is 0.0706. The summed E-state index contributed by atoms with van der Waals surface area (Å²) in [7, 11) is 0. The van der Waals surface area contributed by atoms with E-state index in [4.69, 9.17) is 4.74 Å². The van der Waals surface area contributed by atoms with E-state index in [9.17, 15) is 5.11 Å². The van der Waals surface area contributed by atoms with Gasteiger partial charge in [-0.05, 0) is 18.3 Å². The maximum Gasteiger partial charge on any atom is 0.0834 e. The third kappa shape index (κ3) is 1.74. The molecule has 0 aromatic heterocycles. The zero-order valence-electron chi connectivity index (χ0n) is 7.58. The first kappa shape index (κ1) is 9.01. The molecule has 0 amide bonds. The second-order valence-corrected chi connectivity index (χ2v) is 3.61. The summed E-state index contributed by atoms with van der Waals surface area (Å²) in [4.78, 5) is 0. The van der Waals surface area contributed by atoms with Crippen molar-refractivity contribution < 1.29 is 9.84 Å². The first-order chi connectivity index (χ1) is 5.16. The number of ether oxygens (including phenoxy) is 1. The van der Waals surface area contributed by atoms with Crippen molar-refractivity contribution in [3.8, 4) is 0 Å². The number of rotatable bonds is 1. The molecule has 1 rings (SSSR count). The van der Waals surface area contributed by atoms with Crippen LogP contribution in [0.15, 0.2) is 0 Å². The van der Waals surface area contributed by atoms with Crippen LogP contribution in [-0.2, 0) is 4.74 Å². The van der Waals surface area contributed by atoms with Gasteiger partial charge in [0.15, 0.2) is 0 Å². The van der Waals surface area contributed by atoms with Crippen molar-refractivity contribution in [3.05, 3.63) is 0 Å². The van der Waals surface area contributed by atoms with Gasteiger partial charge in [0.1, 0.15) is 0 Å². The summed E-state index contributed by atoms with van der Waals surface area (Å²) in [6.07, 6.45) is 0.725. The summed E-state index contributed by atoms with van der Waals surface area (Å²) >= 11 is 0. The Morgan fingerprint density at radius 1 is 1.45 bits per heavy atom. The molecule has 1 aliphatic rings. The van der Waals surface area contributed by atoms with Crippen LogP contribution >= 0.6 is 0 Å². The van der Waals surface area contributed by atoms with E-state index in [0.717, 1.165) is 13.0 Å². The lowest BCUT2D eigenvalue weighted by Crippen LogP contribution is -2.43. The molecule has 1 N–H and O–H groups in total. The maximum atomic E-state index is 9.68. The average Bonchev–Trinajstić information content (AvgIpc) is 2.01. The Balaban J connectivity index is 2.52. The molecule has 0 radical (unpaired) electrons. The van der Waals surface area contributed by atoms with Crippen molar-refractivity contribution >= 4 is 0 Å². The lowest BCUT2D eigenvalue weighted by molar-refractivity contribution is -0.125. The van der Waals surface area contributed by atoms with Gasteiger partial charge >= 0.3 is 0 Å². The van der Waals surface area contributed by atoms with Crippen LogP contribution in [0.1, 0.15) is 27.2 Å². The highest BCUT2D eigenvalue weighted by Crippen LogP contribution is 2.26. The van der Waals surface area contributed by atoms with E-state index in [-0.39, 0.29) is 12.2 Å². The predicted octanol–water partition coefficient (Wildman–Crippen LogP) is 1.43. The number of aliphatic hydroxyl groups is 1. The van der Waals surface area contributed by atoms with E-state index >= 15 is 0 Å². The monoisotopic (exact) mass is 158 g/mol. The molecule has 1 unspecified atom stereocenters. The summed E-state index contributed by atoms with van der Waals surface area (Å²) in [6.45, 7) is 7.08. The van der Waals surface area contributed by atoms with Crippen LogP contribution in [0.3, 0.4) is 0 Å². The third-order valence-electron chi connectivity index (χ3n) is 2.79. The molecule has 0 aliphatic carbocycles. The van der Waals surface area contributed by atoms with Gasteiger partial charge in [-0.3, -0.25) is 0 Å². The van der Waals surface area contributed by atoms with Gasteiger partial charge in [-0.15, -0.1) is 0 Å². The van der Waals surface area contributed by atoms with Gasteiger partial charge in [0.25, 0.3) is 0 Å². The Labute approximate surface area is 68.6 Å². The summed E-state index contributed by atoms with van der Waals surface area (Å²) < 4.78 is 5.47. The normalized spacial score (nSPS) is 45.8. The van der Waals surface area contributed by atoms with Crippen LogP contribution < -0.4 is 0 Å². The molecular weight excluding hydrogens is 140 g/mol. The van der Waals surface area contributed by atoms with Crippen molar-refractivity contribution in [2.75, 3.05) is 6.61 Å². The second kappa shape index (κ2) is 3.55. The van der Waals surface area contributed by atoms with Crippen molar-refractivity contribution in [2.45, 2.75) is 39.4 Å². The molecule has 1 fully saturated rings. The average molecular weight is 158 g/mol. The van der Waals surface area contributed by atoms with Crippen LogP contribution in [-0.4, -0.2) is 23.9 Å². The van der Waals surface area contributed by atoms with Crippen LogP contribution in [0.5, 0.6) is 0 Å². The van der Waals surface area contributed by atoms with Crippen LogP contribution in [0.4, 0.5) is 0 Å². The molecule has 2 heteroatoms. The Morgan fingerprint density at radius 3 is 2.64 bits per heavy atom. The first-order valence-corrected chi connectivity index (χ1v) is 4.46. The minimum atomic E-state index is -0.260. The molecule has 0 aromatic carbocycles. The number of aliphatic hydroxyl groups excluding tert-OH is 1. The Bertz CT molecular complexity index is 123. The zero-order chi connectivity index (χ0) is 8.43. The summed E-state index contributed by atoms with van der Waals surface area (Å²) in [5, 5.41) is 9.68. The van der Waals surface area contributed by atoms with Gasteiger partial charge in [0, 0.05) is 6.61 Å². The highest BCUT2D eigenvalue weighted by Gasteiger charge is 2.32. The number of hydrogen-bond donors (Lipinski definition) is 1. The Morgan fingerprint density at radius 2 is 2.09 bits per heavy atom. The third-order valence-corrected chi connectivity index (χ3v) is 2.79. The van der Waals surface area contributed by atoms with Gasteiger partial charge in [0.2, 0.25) is 0 Å². The zero-order valence-corrected chi connectivity index (χ0v) is 7.58. The smallest absolute Gasteiger partial charge is 0.0834 e. The number of hydrogen-bond acceptors (Lipinski definition) is 2. The fourth-order valence-corrected chi connectivity index (χ4v) is 1.56. The molecule has 11 heavy (non-hydrogen) atoms. The molecule has 4 atom stereocenters. The lowest BCUT2D eigenvalue weighted by Gasteiger charge is -2.36. The maximum absolute atomic E-state index is 9.68. The van der Waals surface area contributed by atoms with E-state index in [0.29, 0.717) is 11.8 Å². The van der Waals surface area contributed by atoms with E-state index in [2.05, 4.69) is 20.8 Å². The van der Waals surface area contributed by atoms with Gasteiger partial charge < -0.3 is 9.84 Å². The fourth-order valence-electron chi connectivity index (χ4n) is 1.56. The van der Waals surface area contributed by atoms with Crippen LogP contribution in [0, 0.1) is 11.8 Å². The molecule has 0 bridgehead atoms. The highest BCUT2D eigenvalue weighted by molar-refractivity contribution is 4.81. The van der Waals surface area contributed by atoms with E-state index < -0.39 is 0 Å². The molecule has 66 valence electrons. The minimum Gasteiger partial charge on any atom is -0.390 e. The molecule has 1 heterocycles. The van der Waals surface area contributed by atoms with Gasteiger partial charge in [-0.2, -0.15) is 0 Å². The molecular formula is C9H18O2. The standard InChI is InChI=1S/C9H18O2/c1-4-8-9(10)7(3)6(2)5-11-8/h6-10H,4-5H2,1-3H3/t6-,7-,8-,9?/m0/s1. The van der Waals surface area contributed by atoms with Crippen molar-refractivity contribution in [1.29, 1.82) is 0 Å². The Kier molecular flexibility index (Phi) is 2.90. The molecule has 1 aliphatic heterocycles. The fraction of sp³-hybridized carbons (Fsp3) is 1.00. The molecule has 0 spiro atoms. The highest BCUT2D eigenvalue weighted by atomic mass is 16.5. The quantitative estimate of drug-likeness (QED) is 0.625. The summed E-state index contributed by atoms with van der Waals surface area (Å²) in [5.74, 6) is 0.876. The summed E-state index contributed by atoms with van der Waals surface area (Å²) in [6, 6.07) is 0. The van der Waals surface area contributed by atoms with Crippen LogP contribution in [0.25, 0.3) is 0 Å². The largest absolute Gasteiger partial charge is 0.390 e. The van der Waals surface area contributed by atoms with Crippen molar-refractivity contribution in [1.82, 2.24) is 0 Å². The SMILES string of the molecule is CC[C@@H]1OC[C@H](C)[C@H](C)C1O. The van der Waals surface area contributed by atoms with Gasteiger partial charge in [-0.25, -0.2) is 0 Å². The Hall–Kier alpha value is -0.0800. The molecule has 0 aromatic rings. The molecule has 0 saturated carbocycles. The van der Waals surface area contributed by atoms with E-state index in [1.165, 1.54) is 0 Å². The van der Waals surface area contributed by atoms with E-state index in [1.807, 2.05) is 0 Å². The van der Waals surface area contributed by atoms with Crippen LogP contribution in [0.2, 0.25) is 0 Å². The first-order valence-electron chi connectivity index (χ1n) is 4.46. The van der Waals surface area contributed by atoms with Crippen molar-refractivity contribution in [3.63, 3.8) is 0 Å². The topological polar surface area (TPSA) is 29.5 Å².